The monoisotopic (exact) mass is 292 g/mol. The molecule has 1 aromatic rings. The predicted octanol–water partition coefficient (Wildman–Crippen LogP) is 1.02. The minimum atomic E-state index is 0.0440. The van der Waals surface area contributed by atoms with Crippen molar-refractivity contribution in [2.75, 3.05) is 33.4 Å². The Hall–Kier alpha value is -1.59. The Balaban J connectivity index is 1.72. The van der Waals surface area contributed by atoms with Gasteiger partial charge < -0.3 is 15.2 Å². The van der Waals surface area contributed by atoms with E-state index < -0.39 is 0 Å². The third-order valence-corrected chi connectivity index (χ3v) is 3.90. The minimum absolute atomic E-state index is 0.0440. The Morgan fingerprint density at radius 2 is 2.38 bits per heavy atom. The number of carbonyl (C=O) groups excluding carboxylic acids is 1. The average molecular weight is 292 g/mol. The SMILES string of the molecule is COc1cccc(CNC(=O)CN2CCC(CCO)C2)c1. The molecule has 5 nitrogen and oxygen atoms in total. The first-order chi connectivity index (χ1) is 10.2. The van der Waals surface area contributed by atoms with Crippen LogP contribution in [0.2, 0.25) is 0 Å². The van der Waals surface area contributed by atoms with Crippen LogP contribution >= 0.6 is 0 Å². The Morgan fingerprint density at radius 3 is 3.14 bits per heavy atom. The van der Waals surface area contributed by atoms with Gasteiger partial charge in [0.25, 0.3) is 0 Å². The summed E-state index contributed by atoms with van der Waals surface area (Å²) in [6, 6.07) is 7.69. The Labute approximate surface area is 125 Å². The molecule has 2 rings (SSSR count). The number of likely N-dealkylation sites (tertiary alicyclic amines) is 1. The summed E-state index contributed by atoms with van der Waals surface area (Å²) >= 11 is 0. The molecule has 0 aromatic heterocycles. The lowest BCUT2D eigenvalue weighted by molar-refractivity contribution is -0.122. The minimum Gasteiger partial charge on any atom is -0.497 e. The summed E-state index contributed by atoms with van der Waals surface area (Å²) < 4.78 is 5.16. The number of benzene rings is 1. The van der Waals surface area contributed by atoms with Crippen LogP contribution in [0.1, 0.15) is 18.4 Å². The molecule has 0 radical (unpaired) electrons. The lowest BCUT2D eigenvalue weighted by Crippen LogP contribution is -2.35. The van der Waals surface area contributed by atoms with Crippen LogP contribution in [-0.4, -0.2) is 49.3 Å². The fourth-order valence-corrected chi connectivity index (χ4v) is 2.72. The van der Waals surface area contributed by atoms with Crippen LogP contribution in [0.15, 0.2) is 24.3 Å². The molecule has 0 saturated carbocycles. The lowest BCUT2D eigenvalue weighted by Gasteiger charge is -2.15. The van der Waals surface area contributed by atoms with Gasteiger partial charge in [0.2, 0.25) is 5.91 Å². The summed E-state index contributed by atoms with van der Waals surface area (Å²) in [5.41, 5.74) is 1.03. The first-order valence-electron chi connectivity index (χ1n) is 7.44. The molecule has 1 fully saturated rings. The topological polar surface area (TPSA) is 61.8 Å². The number of aliphatic hydroxyl groups excluding tert-OH is 1. The van der Waals surface area contributed by atoms with Crippen molar-refractivity contribution in [1.29, 1.82) is 0 Å². The number of nitrogens with one attached hydrogen (secondary N) is 1. The van der Waals surface area contributed by atoms with Crippen molar-refractivity contribution in [2.24, 2.45) is 5.92 Å². The molecule has 1 heterocycles. The summed E-state index contributed by atoms with van der Waals surface area (Å²) in [6.45, 7) is 3.04. The van der Waals surface area contributed by atoms with Crippen LogP contribution in [0, 0.1) is 5.92 Å². The zero-order valence-corrected chi connectivity index (χ0v) is 12.5. The van der Waals surface area contributed by atoms with E-state index in [9.17, 15) is 4.79 Å². The first kappa shape index (κ1) is 15.8. The van der Waals surface area contributed by atoms with E-state index in [4.69, 9.17) is 9.84 Å². The van der Waals surface area contributed by atoms with E-state index in [0.29, 0.717) is 19.0 Å². The van der Waals surface area contributed by atoms with Gasteiger partial charge in [-0.15, -0.1) is 0 Å². The van der Waals surface area contributed by atoms with Crippen LogP contribution in [0.5, 0.6) is 5.75 Å². The van der Waals surface area contributed by atoms with Crippen molar-refractivity contribution in [3.63, 3.8) is 0 Å². The largest absolute Gasteiger partial charge is 0.497 e. The Kier molecular flexibility index (Phi) is 6.02. The zero-order chi connectivity index (χ0) is 15.1. The highest BCUT2D eigenvalue weighted by Gasteiger charge is 2.23. The third kappa shape index (κ3) is 5.02. The Morgan fingerprint density at radius 1 is 1.52 bits per heavy atom. The molecule has 1 amide bonds. The van der Waals surface area contributed by atoms with Crippen molar-refractivity contribution in [1.82, 2.24) is 10.2 Å². The second kappa shape index (κ2) is 8.00. The molecule has 1 atom stereocenters. The molecular formula is C16H24N2O3. The van der Waals surface area contributed by atoms with Gasteiger partial charge in [-0.2, -0.15) is 0 Å². The molecular weight excluding hydrogens is 268 g/mol. The molecule has 1 aliphatic rings. The molecule has 0 bridgehead atoms. The molecule has 0 aliphatic carbocycles. The van der Waals surface area contributed by atoms with E-state index in [1.54, 1.807) is 7.11 Å². The van der Waals surface area contributed by atoms with Crippen LogP contribution < -0.4 is 10.1 Å². The van der Waals surface area contributed by atoms with Crippen LogP contribution in [0.3, 0.4) is 0 Å². The van der Waals surface area contributed by atoms with E-state index in [-0.39, 0.29) is 12.5 Å². The number of carbonyl (C=O) groups is 1. The van der Waals surface area contributed by atoms with Gasteiger partial charge >= 0.3 is 0 Å². The fourth-order valence-electron chi connectivity index (χ4n) is 2.72. The van der Waals surface area contributed by atoms with Gasteiger partial charge in [0.15, 0.2) is 0 Å². The number of amides is 1. The normalized spacial score (nSPS) is 18.7. The lowest BCUT2D eigenvalue weighted by atomic mass is 10.1. The van der Waals surface area contributed by atoms with Crippen molar-refractivity contribution in [3.8, 4) is 5.75 Å². The summed E-state index contributed by atoms with van der Waals surface area (Å²) in [6.07, 6.45) is 1.91. The smallest absolute Gasteiger partial charge is 0.234 e. The third-order valence-electron chi connectivity index (χ3n) is 3.90. The second-order valence-corrected chi connectivity index (χ2v) is 5.53. The quantitative estimate of drug-likeness (QED) is 0.787. The highest BCUT2D eigenvalue weighted by atomic mass is 16.5. The van der Waals surface area contributed by atoms with Gasteiger partial charge in [-0.3, -0.25) is 9.69 Å². The number of rotatable bonds is 7. The highest BCUT2D eigenvalue weighted by Crippen LogP contribution is 2.18. The van der Waals surface area contributed by atoms with E-state index >= 15 is 0 Å². The van der Waals surface area contributed by atoms with Crippen LogP contribution in [0.25, 0.3) is 0 Å². The van der Waals surface area contributed by atoms with E-state index in [2.05, 4.69) is 10.2 Å². The molecule has 1 aliphatic heterocycles. The molecule has 0 spiro atoms. The van der Waals surface area contributed by atoms with E-state index in [1.165, 1.54) is 0 Å². The van der Waals surface area contributed by atoms with E-state index in [1.807, 2.05) is 24.3 Å². The predicted molar refractivity (Wildman–Crippen MR) is 81.1 cm³/mol. The summed E-state index contributed by atoms with van der Waals surface area (Å²) in [5.74, 6) is 1.37. The van der Waals surface area contributed by atoms with Gasteiger partial charge in [0.05, 0.1) is 13.7 Å². The van der Waals surface area contributed by atoms with Crippen molar-refractivity contribution in [3.05, 3.63) is 29.8 Å². The average Bonchev–Trinajstić information content (AvgIpc) is 2.93. The molecule has 5 heteroatoms. The summed E-state index contributed by atoms with van der Waals surface area (Å²) in [4.78, 5) is 14.1. The van der Waals surface area contributed by atoms with Gasteiger partial charge in [0.1, 0.15) is 5.75 Å². The standard InChI is InChI=1S/C16H24N2O3/c1-21-15-4-2-3-14(9-15)10-17-16(20)12-18-7-5-13(11-18)6-8-19/h2-4,9,13,19H,5-8,10-12H2,1H3,(H,17,20). The molecule has 21 heavy (non-hydrogen) atoms. The molecule has 1 unspecified atom stereocenters. The van der Waals surface area contributed by atoms with Crippen molar-refractivity contribution in [2.45, 2.75) is 19.4 Å². The van der Waals surface area contributed by atoms with Crippen LogP contribution in [0.4, 0.5) is 0 Å². The summed E-state index contributed by atoms with van der Waals surface area (Å²) in [5, 5.41) is 11.9. The number of hydrogen-bond acceptors (Lipinski definition) is 4. The van der Waals surface area contributed by atoms with Gasteiger partial charge in [-0.05, 0) is 43.0 Å². The number of nitrogens with zero attached hydrogens (tertiary/aromatic N) is 1. The fraction of sp³-hybridized carbons (Fsp3) is 0.562. The molecule has 2 N–H and O–H groups in total. The number of aliphatic hydroxyl groups is 1. The first-order valence-corrected chi connectivity index (χ1v) is 7.44. The summed E-state index contributed by atoms with van der Waals surface area (Å²) in [7, 11) is 1.63. The number of ether oxygens (including phenoxy) is 1. The highest BCUT2D eigenvalue weighted by molar-refractivity contribution is 5.78. The van der Waals surface area contributed by atoms with E-state index in [0.717, 1.165) is 37.2 Å². The maximum Gasteiger partial charge on any atom is 0.234 e. The van der Waals surface area contributed by atoms with Crippen LogP contribution in [-0.2, 0) is 11.3 Å². The van der Waals surface area contributed by atoms with Crippen molar-refractivity contribution >= 4 is 5.91 Å². The molecule has 1 aromatic carbocycles. The van der Waals surface area contributed by atoms with Crippen molar-refractivity contribution < 1.29 is 14.6 Å². The maximum absolute atomic E-state index is 12.0. The van der Waals surface area contributed by atoms with Gasteiger partial charge in [0, 0.05) is 19.7 Å². The zero-order valence-electron chi connectivity index (χ0n) is 12.5. The molecule has 116 valence electrons. The van der Waals surface area contributed by atoms with Gasteiger partial charge in [-0.25, -0.2) is 0 Å². The Bertz CT molecular complexity index is 465. The second-order valence-electron chi connectivity index (χ2n) is 5.53. The molecule has 1 saturated heterocycles. The number of hydrogen-bond donors (Lipinski definition) is 2. The number of methoxy groups -OCH3 is 1. The maximum atomic E-state index is 12.0. The van der Waals surface area contributed by atoms with Gasteiger partial charge in [-0.1, -0.05) is 12.1 Å².